The summed E-state index contributed by atoms with van der Waals surface area (Å²) < 4.78 is 10.1. The minimum atomic E-state index is -0.491. The highest BCUT2D eigenvalue weighted by atomic mass is 35.5. The molecule has 1 aromatic carbocycles. The molecule has 0 heterocycles. The van der Waals surface area contributed by atoms with E-state index < -0.39 is 17.8 Å². The zero-order valence-electron chi connectivity index (χ0n) is 13.4. The predicted octanol–water partition coefficient (Wildman–Crippen LogP) is 2.90. The van der Waals surface area contributed by atoms with E-state index in [1.807, 2.05) is 0 Å². The van der Waals surface area contributed by atoms with Crippen LogP contribution in [-0.2, 0) is 19.1 Å². The van der Waals surface area contributed by atoms with Crippen molar-refractivity contribution in [2.75, 3.05) is 13.7 Å². The molecular weight excluding hydrogens is 332 g/mol. The average molecular weight is 351 g/mol. The number of hydrogen-bond acceptors (Lipinski definition) is 5. The largest absolute Gasteiger partial charge is 0.469 e. The molecule has 24 heavy (non-hydrogen) atoms. The van der Waals surface area contributed by atoms with Gasteiger partial charge in [-0.25, -0.2) is 0 Å². The Hall–Kier alpha value is -1.88. The number of carbonyl (C=O) groups excluding carboxylic acids is 3. The first-order chi connectivity index (χ1) is 11.5. The number of esters is 2. The monoisotopic (exact) mass is 350 g/mol. The van der Waals surface area contributed by atoms with E-state index in [2.05, 4.69) is 0 Å². The molecule has 0 amide bonds. The zero-order chi connectivity index (χ0) is 17.3. The van der Waals surface area contributed by atoms with Crippen LogP contribution in [0.4, 0.5) is 0 Å². The van der Waals surface area contributed by atoms with E-state index in [9.17, 15) is 14.4 Å². The van der Waals surface area contributed by atoms with Crippen molar-refractivity contribution in [1.29, 1.82) is 0 Å². The van der Waals surface area contributed by atoms with E-state index in [-0.39, 0.29) is 30.2 Å². The SMILES string of the molecule is COC(=O)C1C2CCC(C2)C1C(=O)OCC(=O)c1ccc(Cl)cc1. The summed E-state index contributed by atoms with van der Waals surface area (Å²) in [4.78, 5) is 36.5. The van der Waals surface area contributed by atoms with Crippen molar-refractivity contribution in [2.24, 2.45) is 23.7 Å². The van der Waals surface area contributed by atoms with Crippen molar-refractivity contribution in [1.82, 2.24) is 0 Å². The second kappa shape index (κ2) is 6.93. The Labute approximate surface area is 145 Å². The number of hydrogen-bond donors (Lipinski definition) is 0. The van der Waals surface area contributed by atoms with Gasteiger partial charge in [-0.1, -0.05) is 11.6 Å². The Morgan fingerprint density at radius 3 is 2.21 bits per heavy atom. The van der Waals surface area contributed by atoms with E-state index in [0.717, 1.165) is 19.3 Å². The molecule has 0 radical (unpaired) electrons. The number of benzene rings is 1. The fraction of sp³-hybridized carbons (Fsp3) is 0.500. The van der Waals surface area contributed by atoms with Crippen LogP contribution in [-0.4, -0.2) is 31.4 Å². The number of ether oxygens (including phenoxy) is 2. The van der Waals surface area contributed by atoms with Crippen LogP contribution in [0.5, 0.6) is 0 Å². The summed E-state index contributed by atoms with van der Waals surface area (Å²) in [5.74, 6) is -1.71. The molecule has 2 fully saturated rings. The Morgan fingerprint density at radius 2 is 1.62 bits per heavy atom. The van der Waals surface area contributed by atoms with Gasteiger partial charge in [-0.3, -0.25) is 14.4 Å². The molecule has 0 spiro atoms. The molecule has 4 unspecified atom stereocenters. The quantitative estimate of drug-likeness (QED) is 0.603. The molecule has 2 bridgehead atoms. The first-order valence-electron chi connectivity index (χ1n) is 8.04. The van der Waals surface area contributed by atoms with Gasteiger partial charge >= 0.3 is 11.9 Å². The van der Waals surface area contributed by atoms with E-state index >= 15 is 0 Å². The minimum Gasteiger partial charge on any atom is -0.469 e. The highest BCUT2D eigenvalue weighted by molar-refractivity contribution is 6.30. The van der Waals surface area contributed by atoms with Gasteiger partial charge in [-0.15, -0.1) is 0 Å². The lowest BCUT2D eigenvalue weighted by molar-refractivity contribution is -0.161. The van der Waals surface area contributed by atoms with Crippen molar-refractivity contribution in [3.63, 3.8) is 0 Å². The summed E-state index contributed by atoms with van der Waals surface area (Å²) in [6.07, 6.45) is 2.71. The molecule has 5 nitrogen and oxygen atoms in total. The van der Waals surface area contributed by atoms with Crippen molar-refractivity contribution < 1.29 is 23.9 Å². The number of halogens is 1. The normalized spacial score (nSPS) is 27.8. The molecule has 128 valence electrons. The maximum Gasteiger partial charge on any atom is 0.310 e. The third kappa shape index (κ3) is 3.18. The summed E-state index contributed by atoms with van der Waals surface area (Å²) in [5.41, 5.74) is 0.435. The van der Waals surface area contributed by atoms with Gasteiger partial charge in [0.25, 0.3) is 0 Å². The van der Waals surface area contributed by atoms with Crippen molar-refractivity contribution in [3.8, 4) is 0 Å². The number of rotatable bonds is 5. The molecular formula is C18H19ClO5. The molecule has 0 N–H and O–H groups in total. The Bertz CT molecular complexity index is 654. The standard InChI is InChI=1S/C18H19ClO5/c1-23-17(21)15-11-2-3-12(8-11)16(15)18(22)24-9-14(20)10-4-6-13(19)7-5-10/h4-7,11-12,15-16H,2-3,8-9H2,1H3. The molecule has 2 aliphatic rings. The highest BCUT2D eigenvalue weighted by Crippen LogP contribution is 2.53. The van der Waals surface area contributed by atoms with Crippen molar-refractivity contribution in [2.45, 2.75) is 19.3 Å². The molecule has 3 rings (SSSR count). The molecule has 0 aliphatic heterocycles. The lowest BCUT2D eigenvalue weighted by Gasteiger charge is -2.27. The Kier molecular flexibility index (Phi) is 4.90. The van der Waals surface area contributed by atoms with Gasteiger partial charge in [-0.2, -0.15) is 0 Å². The summed E-state index contributed by atoms with van der Waals surface area (Å²) in [7, 11) is 1.33. The van der Waals surface area contributed by atoms with Crippen LogP contribution in [0.2, 0.25) is 5.02 Å². The number of methoxy groups -OCH3 is 1. The number of fused-ring (bicyclic) bond motifs is 2. The topological polar surface area (TPSA) is 69.7 Å². The van der Waals surface area contributed by atoms with E-state index in [1.54, 1.807) is 24.3 Å². The van der Waals surface area contributed by atoms with Gasteiger partial charge in [0.1, 0.15) is 0 Å². The molecule has 0 aromatic heterocycles. The third-order valence-corrected chi connectivity index (χ3v) is 5.43. The molecule has 6 heteroatoms. The lowest BCUT2D eigenvalue weighted by Crippen LogP contribution is -2.37. The predicted molar refractivity (Wildman–Crippen MR) is 86.6 cm³/mol. The highest BCUT2D eigenvalue weighted by Gasteiger charge is 2.55. The number of Topliss-reactive ketones (excluding diaryl/α,β-unsaturated/α-hetero) is 1. The van der Waals surface area contributed by atoms with E-state index in [4.69, 9.17) is 21.1 Å². The Balaban J connectivity index is 1.63. The lowest BCUT2D eigenvalue weighted by atomic mass is 9.79. The summed E-state index contributed by atoms with van der Waals surface area (Å²) in [6.45, 7) is -0.331. The smallest absolute Gasteiger partial charge is 0.310 e. The van der Waals surface area contributed by atoms with Gasteiger partial charge in [0.2, 0.25) is 0 Å². The fourth-order valence-electron chi connectivity index (χ4n) is 4.06. The molecule has 0 saturated heterocycles. The zero-order valence-corrected chi connectivity index (χ0v) is 14.1. The molecule has 2 saturated carbocycles. The summed E-state index contributed by atoms with van der Waals surface area (Å²) >= 11 is 5.79. The van der Waals surface area contributed by atoms with Crippen LogP contribution in [0.3, 0.4) is 0 Å². The minimum absolute atomic E-state index is 0.150. The van der Waals surface area contributed by atoms with E-state index in [0.29, 0.717) is 10.6 Å². The number of carbonyl (C=O) groups is 3. The summed E-state index contributed by atoms with van der Waals surface area (Å²) in [6, 6.07) is 6.40. The molecule has 1 aromatic rings. The maximum absolute atomic E-state index is 12.5. The van der Waals surface area contributed by atoms with Crippen LogP contribution < -0.4 is 0 Å². The maximum atomic E-state index is 12.5. The van der Waals surface area contributed by atoms with Gasteiger partial charge < -0.3 is 9.47 Å². The van der Waals surface area contributed by atoms with Crippen LogP contribution >= 0.6 is 11.6 Å². The second-order valence-electron chi connectivity index (χ2n) is 6.45. The van der Waals surface area contributed by atoms with Crippen molar-refractivity contribution in [3.05, 3.63) is 34.9 Å². The first-order valence-corrected chi connectivity index (χ1v) is 8.42. The van der Waals surface area contributed by atoms with Crippen LogP contribution in [0.25, 0.3) is 0 Å². The first kappa shape index (κ1) is 17.0. The van der Waals surface area contributed by atoms with Crippen LogP contribution in [0, 0.1) is 23.7 Å². The average Bonchev–Trinajstić information content (AvgIpc) is 3.20. The van der Waals surface area contributed by atoms with Gasteiger partial charge in [0.15, 0.2) is 12.4 Å². The summed E-state index contributed by atoms with van der Waals surface area (Å²) in [5, 5.41) is 0.534. The van der Waals surface area contributed by atoms with E-state index in [1.165, 1.54) is 7.11 Å². The third-order valence-electron chi connectivity index (χ3n) is 5.17. The molecule has 2 aliphatic carbocycles. The van der Waals surface area contributed by atoms with Crippen molar-refractivity contribution >= 4 is 29.3 Å². The number of ketones is 1. The van der Waals surface area contributed by atoms with Gasteiger partial charge in [0.05, 0.1) is 18.9 Å². The van der Waals surface area contributed by atoms with Gasteiger partial charge in [0, 0.05) is 10.6 Å². The van der Waals surface area contributed by atoms with Crippen LogP contribution in [0.1, 0.15) is 29.6 Å². The second-order valence-corrected chi connectivity index (χ2v) is 6.88. The van der Waals surface area contributed by atoms with Gasteiger partial charge in [-0.05, 0) is 55.4 Å². The Morgan fingerprint density at radius 1 is 1.04 bits per heavy atom. The fourth-order valence-corrected chi connectivity index (χ4v) is 4.18. The molecule has 4 atom stereocenters. The van der Waals surface area contributed by atoms with Crippen LogP contribution in [0.15, 0.2) is 24.3 Å².